The van der Waals surface area contributed by atoms with Crippen molar-refractivity contribution in [2.75, 3.05) is 12.4 Å². The van der Waals surface area contributed by atoms with Gasteiger partial charge < -0.3 is 5.32 Å². The van der Waals surface area contributed by atoms with Crippen molar-refractivity contribution in [3.63, 3.8) is 0 Å². The molecule has 0 aromatic carbocycles. The van der Waals surface area contributed by atoms with E-state index in [-0.39, 0.29) is 0 Å². The Bertz CT molecular complexity index is 128. The molecule has 1 aliphatic rings. The van der Waals surface area contributed by atoms with E-state index in [1.54, 1.807) is 0 Å². The van der Waals surface area contributed by atoms with Crippen LogP contribution in [0.2, 0.25) is 0 Å². The second-order valence-electron chi connectivity index (χ2n) is 4.03. The molecule has 0 atom stereocenters. The van der Waals surface area contributed by atoms with E-state index in [1.807, 2.05) is 0 Å². The fourth-order valence-corrected chi connectivity index (χ4v) is 1.83. The minimum absolute atomic E-state index is 0.476. The van der Waals surface area contributed by atoms with E-state index in [1.165, 1.54) is 25.7 Å². The number of alkyl halides is 1. The van der Waals surface area contributed by atoms with Crippen molar-refractivity contribution >= 4 is 11.6 Å². The normalized spacial score (nSPS) is 20.0. The highest BCUT2D eigenvalue weighted by Gasteiger charge is 2.41. The van der Waals surface area contributed by atoms with E-state index >= 15 is 0 Å². The first kappa shape index (κ1) is 10.3. The predicted octanol–water partition coefficient (Wildman–Crippen LogP) is 2.78. The number of rotatable bonds is 6. The second-order valence-corrected chi connectivity index (χ2v) is 4.30. The summed E-state index contributed by atoms with van der Waals surface area (Å²) in [4.78, 5) is 0. The zero-order valence-corrected chi connectivity index (χ0v) is 8.95. The molecule has 0 saturated heterocycles. The van der Waals surface area contributed by atoms with Gasteiger partial charge in [0.05, 0.1) is 0 Å². The van der Waals surface area contributed by atoms with Gasteiger partial charge in [-0.2, -0.15) is 0 Å². The largest absolute Gasteiger partial charge is 0.313 e. The van der Waals surface area contributed by atoms with Crippen LogP contribution in [0.1, 0.15) is 39.5 Å². The summed E-state index contributed by atoms with van der Waals surface area (Å²) in [5, 5.41) is 3.59. The molecule has 0 radical (unpaired) electrons. The first-order valence-corrected chi connectivity index (χ1v) is 5.59. The van der Waals surface area contributed by atoms with Crippen LogP contribution in [-0.2, 0) is 0 Å². The maximum Gasteiger partial charge on any atom is 0.0292 e. The quantitative estimate of drug-likeness (QED) is 0.634. The van der Waals surface area contributed by atoms with Crippen molar-refractivity contribution in [1.29, 1.82) is 0 Å². The zero-order valence-electron chi connectivity index (χ0n) is 8.20. The van der Waals surface area contributed by atoms with Crippen LogP contribution in [0, 0.1) is 5.41 Å². The topological polar surface area (TPSA) is 12.0 Å². The van der Waals surface area contributed by atoms with E-state index in [9.17, 15) is 0 Å². The third kappa shape index (κ3) is 2.63. The lowest BCUT2D eigenvalue weighted by atomic mass is 10.1. The van der Waals surface area contributed by atoms with Crippen molar-refractivity contribution < 1.29 is 0 Å². The Hall–Kier alpha value is 0.250. The van der Waals surface area contributed by atoms with Crippen LogP contribution in [0.4, 0.5) is 0 Å². The highest BCUT2D eigenvalue weighted by molar-refractivity contribution is 6.18. The van der Waals surface area contributed by atoms with Crippen LogP contribution in [-0.4, -0.2) is 18.5 Å². The summed E-state index contributed by atoms with van der Waals surface area (Å²) < 4.78 is 0. The molecule has 2 heteroatoms. The average Bonchev–Trinajstić information content (AvgIpc) is 2.87. The maximum absolute atomic E-state index is 5.89. The summed E-state index contributed by atoms with van der Waals surface area (Å²) in [5.74, 6) is 0.833. The van der Waals surface area contributed by atoms with Gasteiger partial charge in [-0.25, -0.2) is 0 Å². The number of hydrogen-bond donors (Lipinski definition) is 1. The molecule has 0 amide bonds. The maximum atomic E-state index is 5.89. The Morgan fingerprint density at radius 2 is 1.92 bits per heavy atom. The van der Waals surface area contributed by atoms with Gasteiger partial charge >= 0.3 is 0 Å². The van der Waals surface area contributed by atoms with Gasteiger partial charge in [0.25, 0.3) is 0 Å². The Morgan fingerprint density at radius 1 is 1.33 bits per heavy atom. The SMILES string of the molecule is CCC(CC)NCC1(CCl)CC1. The van der Waals surface area contributed by atoms with Gasteiger partial charge in [-0.3, -0.25) is 0 Å². The minimum Gasteiger partial charge on any atom is -0.313 e. The van der Waals surface area contributed by atoms with Crippen molar-refractivity contribution in [3.05, 3.63) is 0 Å². The van der Waals surface area contributed by atoms with Crippen LogP contribution in [0.3, 0.4) is 0 Å². The van der Waals surface area contributed by atoms with Gasteiger partial charge in [0.15, 0.2) is 0 Å². The van der Waals surface area contributed by atoms with E-state index in [4.69, 9.17) is 11.6 Å². The highest BCUT2D eigenvalue weighted by Crippen LogP contribution is 2.45. The zero-order chi connectivity index (χ0) is 9.03. The van der Waals surface area contributed by atoms with Crippen molar-refractivity contribution in [2.24, 2.45) is 5.41 Å². The molecule has 72 valence electrons. The lowest BCUT2D eigenvalue weighted by Crippen LogP contribution is -2.33. The van der Waals surface area contributed by atoms with E-state index in [0.717, 1.165) is 12.4 Å². The molecule has 1 nitrogen and oxygen atoms in total. The average molecular weight is 190 g/mol. The molecule has 0 unspecified atom stereocenters. The van der Waals surface area contributed by atoms with Gasteiger partial charge in [0.2, 0.25) is 0 Å². The predicted molar refractivity (Wildman–Crippen MR) is 54.8 cm³/mol. The van der Waals surface area contributed by atoms with Crippen molar-refractivity contribution in [1.82, 2.24) is 5.32 Å². The molecule has 0 bridgehead atoms. The molecular formula is C10H20ClN. The van der Waals surface area contributed by atoms with Gasteiger partial charge in [-0.15, -0.1) is 11.6 Å². The van der Waals surface area contributed by atoms with Crippen LogP contribution in [0.25, 0.3) is 0 Å². The summed E-state index contributed by atoms with van der Waals surface area (Å²) in [7, 11) is 0. The summed E-state index contributed by atoms with van der Waals surface area (Å²) in [6, 6.07) is 0.700. The molecule has 0 spiro atoms. The first-order chi connectivity index (χ1) is 5.76. The van der Waals surface area contributed by atoms with Gasteiger partial charge in [0.1, 0.15) is 0 Å². The molecule has 0 aliphatic heterocycles. The molecule has 12 heavy (non-hydrogen) atoms. The molecular weight excluding hydrogens is 170 g/mol. The smallest absolute Gasteiger partial charge is 0.0292 e. The Balaban J connectivity index is 2.15. The molecule has 0 heterocycles. The molecule has 1 saturated carbocycles. The Kier molecular flexibility index (Phi) is 3.85. The molecule has 1 aliphatic carbocycles. The summed E-state index contributed by atoms with van der Waals surface area (Å²) in [6.07, 6.45) is 5.11. The number of halogens is 1. The van der Waals surface area contributed by atoms with E-state index in [2.05, 4.69) is 19.2 Å². The Labute approximate surface area is 80.9 Å². The lowest BCUT2D eigenvalue weighted by molar-refractivity contribution is 0.420. The molecule has 0 aromatic heterocycles. The van der Waals surface area contributed by atoms with Crippen molar-refractivity contribution in [2.45, 2.75) is 45.6 Å². The molecule has 1 rings (SSSR count). The van der Waals surface area contributed by atoms with Gasteiger partial charge in [0, 0.05) is 18.5 Å². The third-order valence-corrected chi connectivity index (χ3v) is 3.56. The van der Waals surface area contributed by atoms with Crippen LogP contribution < -0.4 is 5.32 Å². The summed E-state index contributed by atoms with van der Waals surface area (Å²) in [5.41, 5.74) is 0.476. The summed E-state index contributed by atoms with van der Waals surface area (Å²) >= 11 is 5.89. The van der Waals surface area contributed by atoms with Crippen LogP contribution in [0.15, 0.2) is 0 Å². The Morgan fingerprint density at radius 3 is 2.25 bits per heavy atom. The first-order valence-electron chi connectivity index (χ1n) is 5.05. The monoisotopic (exact) mass is 189 g/mol. The summed E-state index contributed by atoms with van der Waals surface area (Å²) in [6.45, 7) is 5.60. The number of hydrogen-bond acceptors (Lipinski definition) is 1. The highest BCUT2D eigenvalue weighted by atomic mass is 35.5. The fraction of sp³-hybridized carbons (Fsp3) is 1.00. The molecule has 1 N–H and O–H groups in total. The fourth-order valence-electron chi connectivity index (χ4n) is 1.47. The van der Waals surface area contributed by atoms with Gasteiger partial charge in [-0.05, 0) is 31.1 Å². The standard InChI is InChI=1S/C10H20ClN/c1-3-9(4-2)12-8-10(7-11)5-6-10/h9,12H,3-8H2,1-2H3. The third-order valence-electron chi connectivity index (χ3n) is 2.99. The van der Waals surface area contributed by atoms with E-state index in [0.29, 0.717) is 11.5 Å². The van der Waals surface area contributed by atoms with Gasteiger partial charge in [-0.1, -0.05) is 13.8 Å². The van der Waals surface area contributed by atoms with Crippen LogP contribution in [0.5, 0.6) is 0 Å². The van der Waals surface area contributed by atoms with E-state index < -0.39 is 0 Å². The number of nitrogens with one attached hydrogen (secondary N) is 1. The second kappa shape index (κ2) is 4.48. The lowest BCUT2D eigenvalue weighted by Gasteiger charge is -2.18. The molecule has 0 aromatic rings. The van der Waals surface area contributed by atoms with Crippen molar-refractivity contribution in [3.8, 4) is 0 Å². The molecule has 1 fully saturated rings. The van der Waals surface area contributed by atoms with Crippen LogP contribution >= 0.6 is 11.6 Å². The minimum atomic E-state index is 0.476.